The van der Waals surface area contributed by atoms with Gasteiger partial charge in [-0.3, -0.25) is 0 Å². The van der Waals surface area contributed by atoms with Crippen LogP contribution < -0.4 is 0 Å². The third-order valence-electron chi connectivity index (χ3n) is 2.33. The molecule has 1 unspecified atom stereocenters. The molecule has 1 atom stereocenters. The van der Waals surface area contributed by atoms with Crippen molar-refractivity contribution in [3.8, 4) is 0 Å². The van der Waals surface area contributed by atoms with Crippen LogP contribution in [0.1, 0.15) is 18.9 Å². The highest BCUT2D eigenvalue weighted by atomic mass is 16.3. The lowest BCUT2D eigenvalue weighted by molar-refractivity contribution is 0.201. The summed E-state index contributed by atoms with van der Waals surface area (Å²) in [5.41, 5.74) is 4.79. The van der Waals surface area contributed by atoms with Crippen LogP contribution in [0.5, 0.6) is 0 Å². The average molecular weight is 188 g/mol. The van der Waals surface area contributed by atoms with Gasteiger partial charge in [0.15, 0.2) is 0 Å². The van der Waals surface area contributed by atoms with Crippen LogP contribution in [0.2, 0.25) is 0 Å². The zero-order valence-electron chi connectivity index (χ0n) is 8.53. The molecule has 0 spiro atoms. The van der Waals surface area contributed by atoms with E-state index < -0.39 is 6.10 Å². The molecule has 1 aromatic carbocycles. The first-order chi connectivity index (χ1) is 6.74. The highest BCUT2D eigenvalue weighted by Gasteiger charge is 2.05. The van der Waals surface area contributed by atoms with Gasteiger partial charge < -0.3 is 5.11 Å². The molecule has 1 N–H and O–H groups in total. The standard InChI is InChI=1S/C13H16O/c1-3-11(2)13(14)10-9-12-7-5-4-6-8-12/h4-8,13-14H,1,9-10H2,2H3. The molecule has 0 saturated heterocycles. The molecule has 1 aromatic rings. The van der Waals surface area contributed by atoms with Crippen molar-refractivity contribution in [2.24, 2.45) is 0 Å². The molecule has 0 aliphatic heterocycles. The van der Waals surface area contributed by atoms with Crippen molar-refractivity contribution in [2.75, 3.05) is 0 Å². The molecule has 1 nitrogen and oxygen atoms in total. The summed E-state index contributed by atoms with van der Waals surface area (Å²) in [7, 11) is 0. The van der Waals surface area contributed by atoms with Gasteiger partial charge in [-0.05, 0) is 30.9 Å². The molecule has 0 amide bonds. The maximum absolute atomic E-state index is 9.64. The van der Waals surface area contributed by atoms with Crippen LogP contribution in [-0.2, 0) is 6.42 Å². The third-order valence-corrected chi connectivity index (χ3v) is 2.33. The molecule has 74 valence electrons. The Morgan fingerprint density at radius 2 is 2.07 bits per heavy atom. The fourth-order valence-electron chi connectivity index (χ4n) is 1.28. The molecule has 0 heterocycles. The summed E-state index contributed by atoms with van der Waals surface area (Å²) in [5.74, 6) is 0. The molecule has 0 bridgehead atoms. The molecule has 14 heavy (non-hydrogen) atoms. The average Bonchev–Trinajstić information content (AvgIpc) is 2.26. The number of aliphatic hydroxyl groups excluding tert-OH is 1. The topological polar surface area (TPSA) is 20.2 Å². The molecule has 1 heteroatoms. The van der Waals surface area contributed by atoms with Crippen molar-refractivity contribution < 1.29 is 5.11 Å². The van der Waals surface area contributed by atoms with E-state index in [4.69, 9.17) is 0 Å². The number of rotatable bonds is 4. The number of benzene rings is 1. The monoisotopic (exact) mass is 188 g/mol. The van der Waals surface area contributed by atoms with Gasteiger partial charge in [-0.15, -0.1) is 5.73 Å². The molecule has 0 radical (unpaired) electrons. The molecule has 0 aliphatic carbocycles. The Bertz CT molecular complexity index is 320. The van der Waals surface area contributed by atoms with E-state index in [1.807, 2.05) is 25.1 Å². The van der Waals surface area contributed by atoms with Crippen LogP contribution in [0, 0.1) is 0 Å². The minimum Gasteiger partial charge on any atom is -0.388 e. The second-order valence-electron chi connectivity index (χ2n) is 3.40. The normalized spacial score (nSPS) is 11.9. The van der Waals surface area contributed by atoms with E-state index in [1.165, 1.54) is 5.56 Å². The Kier molecular flexibility index (Phi) is 4.18. The summed E-state index contributed by atoms with van der Waals surface area (Å²) in [6.45, 7) is 5.36. The van der Waals surface area contributed by atoms with Gasteiger partial charge in [0.25, 0.3) is 0 Å². The van der Waals surface area contributed by atoms with Crippen LogP contribution in [0.15, 0.2) is 48.2 Å². The van der Waals surface area contributed by atoms with Gasteiger partial charge in [0, 0.05) is 0 Å². The molecule has 0 aliphatic rings. The van der Waals surface area contributed by atoms with E-state index in [0.717, 1.165) is 18.4 Å². The van der Waals surface area contributed by atoms with Gasteiger partial charge in [0.05, 0.1) is 6.10 Å². The Labute approximate surface area is 85.4 Å². The summed E-state index contributed by atoms with van der Waals surface area (Å²) < 4.78 is 0. The van der Waals surface area contributed by atoms with Gasteiger partial charge >= 0.3 is 0 Å². The summed E-state index contributed by atoms with van der Waals surface area (Å²) in [4.78, 5) is 0. The van der Waals surface area contributed by atoms with Gasteiger partial charge in [0.2, 0.25) is 0 Å². The minimum absolute atomic E-state index is 0.410. The zero-order valence-corrected chi connectivity index (χ0v) is 8.53. The van der Waals surface area contributed by atoms with Crippen LogP contribution in [-0.4, -0.2) is 11.2 Å². The first-order valence-corrected chi connectivity index (χ1v) is 4.82. The molecular weight excluding hydrogens is 172 g/mol. The fourth-order valence-corrected chi connectivity index (χ4v) is 1.28. The highest BCUT2D eigenvalue weighted by molar-refractivity contribution is 5.15. The van der Waals surface area contributed by atoms with Crippen LogP contribution >= 0.6 is 0 Å². The van der Waals surface area contributed by atoms with Crippen molar-refractivity contribution in [3.63, 3.8) is 0 Å². The quantitative estimate of drug-likeness (QED) is 0.720. The molecule has 1 rings (SSSR count). The second-order valence-corrected chi connectivity index (χ2v) is 3.40. The van der Waals surface area contributed by atoms with Crippen LogP contribution in [0.3, 0.4) is 0 Å². The van der Waals surface area contributed by atoms with E-state index in [-0.39, 0.29) is 0 Å². The maximum Gasteiger partial charge on any atom is 0.0824 e. The van der Waals surface area contributed by atoms with Crippen molar-refractivity contribution >= 4 is 0 Å². The molecule has 0 aromatic heterocycles. The summed E-state index contributed by atoms with van der Waals surface area (Å²) >= 11 is 0. The molecular formula is C13H16O. The van der Waals surface area contributed by atoms with Crippen LogP contribution in [0.4, 0.5) is 0 Å². The lowest BCUT2D eigenvalue weighted by Gasteiger charge is -2.08. The predicted molar refractivity (Wildman–Crippen MR) is 59.1 cm³/mol. The number of aliphatic hydroxyl groups is 1. The van der Waals surface area contributed by atoms with Crippen molar-refractivity contribution in [1.82, 2.24) is 0 Å². The summed E-state index contributed by atoms with van der Waals surface area (Å²) in [6.07, 6.45) is 1.21. The van der Waals surface area contributed by atoms with Crippen molar-refractivity contribution in [3.05, 3.63) is 53.8 Å². The third kappa shape index (κ3) is 3.21. The largest absolute Gasteiger partial charge is 0.388 e. The Balaban J connectivity index is 2.46. The Morgan fingerprint density at radius 3 is 2.64 bits per heavy atom. The Morgan fingerprint density at radius 1 is 1.43 bits per heavy atom. The number of hydrogen-bond donors (Lipinski definition) is 1. The lowest BCUT2D eigenvalue weighted by atomic mass is 10.0. The van der Waals surface area contributed by atoms with Gasteiger partial charge in [0.1, 0.15) is 0 Å². The highest BCUT2D eigenvalue weighted by Crippen LogP contribution is 2.09. The van der Waals surface area contributed by atoms with E-state index in [0.29, 0.717) is 0 Å². The fraction of sp³-hybridized carbons (Fsp3) is 0.308. The molecule has 0 saturated carbocycles. The smallest absolute Gasteiger partial charge is 0.0824 e. The number of aryl methyl sites for hydroxylation is 1. The van der Waals surface area contributed by atoms with Gasteiger partial charge in [-0.2, -0.15) is 0 Å². The minimum atomic E-state index is -0.410. The van der Waals surface area contributed by atoms with Gasteiger partial charge in [-0.1, -0.05) is 36.9 Å². The summed E-state index contributed by atoms with van der Waals surface area (Å²) in [5, 5.41) is 9.64. The van der Waals surface area contributed by atoms with Crippen molar-refractivity contribution in [2.45, 2.75) is 25.9 Å². The second kappa shape index (κ2) is 5.43. The zero-order chi connectivity index (χ0) is 10.4. The van der Waals surface area contributed by atoms with E-state index in [2.05, 4.69) is 24.4 Å². The van der Waals surface area contributed by atoms with E-state index in [1.54, 1.807) is 0 Å². The summed E-state index contributed by atoms with van der Waals surface area (Å²) in [6, 6.07) is 10.2. The van der Waals surface area contributed by atoms with Gasteiger partial charge in [-0.25, -0.2) is 0 Å². The molecule has 0 fully saturated rings. The Hall–Kier alpha value is -1.30. The van der Waals surface area contributed by atoms with Crippen molar-refractivity contribution in [1.29, 1.82) is 0 Å². The van der Waals surface area contributed by atoms with Crippen LogP contribution in [0.25, 0.3) is 0 Å². The van der Waals surface area contributed by atoms with E-state index in [9.17, 15) is 5.11 Å². The first kappa shape index (κ1) is 10.8. The van der Waals surface area contributed by atoms with E-state index >= 15 is 0 Å². The predicted octanol–water partition coefficient (Wildman–Crippen LogP) is 2.71. The maximum atomic E-state index is 9.64. The lowest BCUT2D eigenvalue weighted by Crippen LogP contribution is -2.08. The first-order valence-electron chi connectivity index (χ1n) is 4.82. The SMILES string of the molecule is C=C=C(C)C(O)CCc1ccccc1. The number of hydrogen-bond acceptors (Lipinski definition) is 1.